The van der Waals surface area contributed by atoms with E-state index in [0.29, 0.717) is 36.6 Å². The number of nitrogens with one attached hydrogen (secondary N) is 1. The molecule has 4 rings (SSSR count). The molecule has 0 bridgehead atoms. The van der Waals surface area contributed by atoms with E-state index in [-0.39, 0.29) is 57.2 Å². The highest BCUT2D eigenvalue weighted by atomic mass is 35.5. The molecule has 2 aromatic carbocycles. The lowest BCUT2D eigenvalue weighted by atomic mass is 9.93. The number of piperidine rings is 1. The topological polar surface area (TPSA) is 119 Å². The number of sulfone groups is 1. The Morgan fingerprint density at radius 2 is 1.71 bits per heavy atom. The van der Waals surface area contributed by atoms with Gasteiger partial charge in [-0.25, -0.2) is 13.2 Å². The molecule has 0 spiro atoms. The number of benzene rings is 2. The predicted molar refractivity (Wildman–Crippen MR) is 166 cm³/mol. The Kier molecular flexibility index (Phi) is 10.2. The number of fused-ring (bicyclic) bond motifs is 1. The van der Waals surface area contributed by atoms with Gasteiger partial charge in [0.25, 0.3) is 5.56 Å². The zero-order valence-electron chi connectivity index (χ0n) is 25.2. The second-order valence-electron chi connectivity index (χ2n) is 12.1. The van der Waals surface area contributed by atoms with E-state index >= 15 is 0 Å². The van der Waals surface area contributed by atoms with E-state index in [1.165, 1.54) is 25.1 Å². The largest absolute Gasteiger partial charge is 0.460 e. The van der Waals surface area contributed by atoms with Gasteiger partial charge in [0.2, 0.25) is 0 Å². The van der Waals surface area contributed by atoms with E-state index in [2.05, 4.69) is 4.98 Å². The number of esters is 1. The van der Waals surface area contributed by atoms with Crippen molar-refractivity contribution < 1.29 is 31.1 Å². The minimum absolute atomic E-state index is 0.0207. The summed E-state index contributed by atoms with van der Waals surface area (Å²) in [6, 6.07) is 4.56. The lowest BCUT2D eigenvalue weighted by molar-refractivity contribution is -0.156. The fraction of sp³-hybridized carbons (Fsp3) is 0.500. The third kappa shape index (κ3) is 8.11. The highest BCUT2D eigenvalue weighted by Gasteiger charge is 2.37. The zero-order valence-corrected chi connectivity index (χ0v) is 27.5. The van der Waals surface area contributed by atoms with Gasteiger partial charge in [0.15, 0.2) is 9.84 Å². The Morgan fingerprint density at radius 1 is 1.07 bits per heavy atom. The van der Waals surface area contributed by atoms with Crippen molar-refractivity contribution in [3.8, 4) is 0 Å². The molecule has 45 heavy (non-hydrogen) atoms. The molecule has 2 heterocycles. The van der Waals surface area contributed by atoms with Crippen LogP contribution < -0.4 is 11.2 Å². The number of hydrogen-bond acceptors (Lipinski definition) is 7. The van der Waals surface area contributed by atoms with Crippen LogP contribution >= 0.6 is 23.2 Å². The first-order valence-corrected chi connectivity index (χ1v) is 16.7. The molecule has 15 heteroatoms. The van der Waals surface area contributed by atoms with Crippen molar-refractivity contribution in [1.29, 1.82) is 0 Å². The van der Waals surface area contributed by atoms with Crippen LogP contribution in [0.1, 0.15) is 63.6 Å². The summed E-state index contributed by atoms with van der Waals surface area (Å²) in [5.41, 5.74) is -4.30. The number of likely N-dealkylation sites (tertiary alicyclic amines) is 1. The minimum Gasteiger partial charge on any atom is -0.460 e. The van der Waals surface area contributed by atoms with Gasteiger partial charge in [-0.2, -0.15) is 13.2 Å². The van der Waals surface area contributed by atoms with E-state index in [0.717, 1.165) is 0 Å². The fourth-order valence-corrected chi connectivity index (χ4v) is 7.05. The van der Waals surface area contributed by atoms with Gasteiger partial charge in [-0.05, 0) is 88.0 Å². The molecule has 246 valence electrons. The number of aromatic nitrogens is 2. The maximum absolute atomic E-state index is 14.4. The van der Waals surface area contributed by atoms with Crippen LogP contribution in [0.5, 0.6) is 0 Å². The molecule has 9 nitrogen and oxygen atoms in total. The van der Waals surface area contributed by atoms with Gasteiger partial charge in [-0.3, -0.25) is 19.1 Å². The van der Waals surface area contributed by atoms with E-state index in [9.17, 15) is 36.0 Å². The van der Waals surface area contributed by atoms with Gasteiger partial charge in [0.1, 0.15) is 5.60 Å². The molecular weight excluding hydrogens is 658 g/mol. The Bertz CT molecular complexity index is 1840. The molecule has 1 aliphatic rings. The molecule has 1 N–H and O–H groups in total. The molecule has 0 atom stereocenters. The van der Waals surface area contributed by atoms with Crippen LogP contribution in [0, 0.1) is 5.92 Å². The first-order valence-electron chi connectivity index (χ1n) is 14.3. The molecule has 0 amide bonds. The molecule has 1 aliphatic heterocycles. The second kappa shape index (κ2) is 13.1. The molecule has 1 fully saturated rings. The normalized spacial score (nSPS) is 15.5. The summed E-state index contributed by atoms with van der Waals surface area (Å²) in [6.45, 7) is 6.80. The average molecular weight is 693 g/mol. The average Bonchev–Trinajstić information content (AvgIpc) is 2.92. The van der Waals surface area contributed by atoms with Crippen LogP contribution in [0.4, 0.5) is 13.2 Å². The summed E-state index contributed by atoms with van der Waals surface area (Å²) < 4.78 is 74.4. The Morgan fingerprint density at radius 3 is 2.29 bits per heavy atom. The van der Waals surface area contributed by atoms with Crippen LogP contribution in [0.3, 0.4) is 0 Å². The Labute approximate surface area is 268 Å². The van der Waals surface area contributed by atoms with Crippen LogP contribution in [0.15, 0.2) is 38.8 Å². The summed E-state index contributed by atoms with van der Waals surface area (Å²) in [5.74, 6) is -0.571. The van der Waals surface area contributed by atoms with E-state index < -0.39 is 55.4 Å². The van der Waals surface area contributed by atoms with E-state index in [4.69, 9.17) is 27.9 Å². The predicted octanol–water partition coefficient (Wildman–Crippen LogP) is 5.80. The fourth-order valence-electron chi connectivity index (χ4n) is 5.44. The summed E-state index contributed by atoms with van der Waals surface area (Å²) in [5, 5.41) is -0.742. The number of rotatable bonds is 8. The number of carbonyl (C=O) groups is 1. The van der Waals surface area contributed by atoms with Crippen molar-refractivity contribution in [1.82, 2.24) is 14.5 Å². The number of carbonyl (C=O) groups excluding carboxylic acids is 1. The summed E-state index contributed by atoms with van der Waals surface area (Å²) >= 11 is 12.6. The first kappa shape index (κ1) is 35.0. The van der Waals surface area contributed by atoms with Crippen molar-refractivity contribution in [3.05, 3.63) is 71.8 Å². The second-order valence-corrected chi connectivity index (χ2v) is 15.2. The number of hydrogen-bond donors (Lipinski definition) is 1. The number of halogens is 5. The SMILES string of the molecule is CCS(=O)(=O)c1ccc(Cl)cc1Cn1c(=O)[nH]c2c(Cl)c(CN3CCC(CC(=O)OC(C)(C)C)CC3)c(C(F)(F)F)cc2c1=O. The van der Waals surface area contributed by atoms with E-state index in [1.54, 1.807) is 25.7 Å². The minimum atomic E-state index is -4.88. The third-order valence-electron chi connectivity index (χ3n) is 7.66. The lowest BCUT2D eigenvalue weighted by Gasteiger charge is -2.33. The Hall–Kier alpha value is -2.87. The maximum atomic E-state index is 14.4. The van der Waals surface area contributed by atoms with Crippen LogP contribution in [-0.4, -0.2) is 53.3 Å². The summed E-state index contributed by atoms with van der Waals surface area (Å²) in [6.07, 6.45) is -3.55. The molecule has 0 aliphatic carbocycles. The summed E-state index contributed by atoms with van der Waals surface area (Å²) in [4.78, 5) is 42.9. The number of H-pyrrole nitrogens is 1. The molecule has 1 aromatic heterocycles. The molecule has 1 saturated heterocycles. The highest BCUT2D eigenvalue weighted by molar-refractivity contribution is 7.91. The van der Waals surface area contributed by atoms with Crippen molar-refractivity contribution in [2.75, 3.05) is 18.8 Å². The molecule has 0 radical (unpaired) electrons. The molecular formula is C30H34Cl2F3N3O6S. The standard InChI is InChI=1S/C30H34Cl2F3N3O6S/c1-5-45(42,43)23-7-6-19(31)13-18(23)15-38-27(40)20-14-22(30(33,34)35)21(25(32)26(20)36-28(38)41)16-37-10-8-17(9-11-37)12-24(39)44-29(2,3)4/h6-7,13-14,17H,5,8-12,15-16H2,1-4H3,(H,36,41). The maximum Gasteiger partial charge on any atom is 0.416 e. The first-order chi connectivity index (χ1) is 20.8. The number of alkyl halides is 3. The van der Waals surface area contributed by atoms with Gasteiger partial charge in [0.05, 0.1) is 38.7 Å². The van der Waals surface area contributed by atoms with Crippen LogP contribution in [-0.2, 0) is 38.6 Å². The van der Waals surface area contributed by atoms with Crippen LogP contribution in [0.2, 0.25) is 10.0 Å². The summed E-state index contributed by atoms with van der Waals surface area (Å²) in [7, 11) is -3.79. The van der Waals surface area contributed by atoms with Crippen molar-refractivity contribution in [3.63, 3.8) is 0 Å². The molecule has 0 unspecified atom stereocenters. The van der Waals surface area contributed by atoms with Gasteiger partial charge in [0, 0.05) is 18.0 Å². The third-order valence-corrected chi connectivity index (χ3v) is 10.1. The lowest BCUT2D eigenvalue weighted by Crippen LogP contribution is -2.37. The zero-order chi connectivity index (χ0) is 33.5. The monoisotopic (exact) mass is 691 g/mol. The van der Waals surface area contributed by atoms with Crippen LogP contribution in [0.25, 0.3) is 10.9 Å². The highest BCUT2D eigenvalue weighted by Crippen LogP contribution is 2.39. The number of aromatic amines is 1. The Balaban J connectivity index is 1.69. The van der Waals surface area contributed by atoms with Gasteiger partial charge in [-0.1, -0.05) is 30.1 Å². The molecule has 0 saturated carbocycles. The van der Waals surface area contributed by atoms with Gasteiger partial charge in [-0.15, -0.1) is 0 Å². The van der Waals surface area contributed by atoms with Crippen molar-refractivity contribution in [2.24, 2.45) is 5.92 Å². The number of ether oxygens (including phenoxy) is 1. The van der Waals surface area contributed by atoms with E-state index in [1.807, 2.05) is 0 Å². The number of nitrogens with zero attached hydrogens (tertiary/aromatic N) is 2. The quantitative estimate of drug-likeness (QED) is 0.297. The van der Waals surface area contributed by atoms with Crippen molar-refractivity contribution >= 4 is 49.9 Å². The molecule has 3 aromatic rings. The van der Waals surface area contributed by atoms with Gasteiger partial charge < -0.3 is 9.72 Å². The van der Waals surface area contributed by atoms with Gasteiger partial charge >= 0.3 is 17.8 Å². The smallest absolute Gasteiger partial charge is 0.416 e. The van der Waals surface area contributed by atoms with Crippen molar-refractivity contribution in [2.45, 2.75) is 76.7 Å².